The summed E-state index contributed by atoms with van der Waals surface area (Å²) < 4.78 is 11.3. The number of benzene rings is 1. The molecule has 0 saturated carbocycles. The molecule has 0 aliphatic heterocycles. The SMILES string of the molecule is CCC(C)Oc1cccc(NC(CC)c2ccco2)c1. The number of anilines is 1. The fraction of sp³-hybridized carbons (Fsp3) is 0.412. The molecule has 2 aromatic rings. The van der Waals surface area contributed by atoms with Crippen LogP contribution in [0.25, 0.3) is 0 Å². The van der Waals surface area contributed by atoms with Gasteiger partial charge in [0.05, 0.1) is 18.4 Å². The highest BCUT2D eigenvalue weighted by Gasteiger charge is 2.12. The fourth-order valence-corrected chi connectivity index (χ4v) is 2.04. The van der Waals surface area contributed by atoms with E-state index in [4.69, 9.17) is 9.15 Å². The topological polar surface area (TPSA) is 34.4 Å². The second-order valence-corrected chi connectivity index (χ2v) is 4.99. The second-order valence-electron chi connectivity index (χ2n) is 4.99. The molecule has 0 bridgehead atoms. The summed E-state index contributed by atoms with van der Waals surface area (Å²) in [6.45, 7) is 6.34. The van der Waals surface area contributed by atoms with Gasteiger partial charge in [0, 0.05) is 11.8 Å². The van der Waals surface area contributed by atoms with Crippen molar-refractivity contribution in [3.63, 3.8) is 0 Å². The molecule has 0 aliphatic carbocycles. The number of hydrogen-bond acceptors (Lipinski definition) is 3. The molecular formula is C17H23NO2. The third kappa shape index (κ3) is 3.80. The van der Waals surface area contributed by atoms with Gasteiger partial charge in [-0.3, -0.25) is 0 Å². The molecule has 3 nitrogen and oxygen atoms in total. The summed E-state index contributed by atoms with van der Waals surface area (Å²) in [7, 11) is 0. The van der Waals surface area contributed by atoms with E-state index in [0.717, 1.165) is 30.0 Å². The summed E-state index contributed by atoms with van der Waals surface area (Å²) in [5, 5.41) is 3.49. The zero-order valence-corrected chi connectivity index (χ0v) is 12.4. The smallest absolute Gasteiger partial charge is 0.125 e. The second kappa shape index (κ2) is 7.04. The Bertz CT molecular complexity index is 507. The van der Waals surface area contributed by atoms with Gasteiger partial charge in [-0.2, -0.15) is 0 Å². The maximum absolute atomic E-state index is 5.85. The number of hydrogen-bond donors (Lipinski definition) is 1. The van der Waals surface area contributed by atoms with Gasteiger partial charge in [-0.15, -0.1) is 0 Å². The van der Waals surface area contributed by atoms with E-state index in [1.165, 1.54) is 0 Å². The molecule has 1 aromatic heterocycles. The lowest BCUT2D eigenvalue weighted by Gasteiger charge is -2.18. The van der Waals surface area contributed by atoms with Crippen molar-refractivity contribution in [1.82, 2.24) is 0 Å². The standard InChI is InChI=1S/C17H23NO2/c1-4-13(3)20-15-9-6-8-14(12-15)18-16(5-2)17-10-7-11-19-17/h6-13,16,18H,4-5H2,1-3H3. The van der Waals surface area contributed by atoms with Crippen LogP contribution in [0.1, 0.15) is 45.4 Å². The molecule has 2 rings (SSSR count). The first kappa shape index (κ1) is 14.5. The van der Waals surface area contributed by atoms with Crippen LogP contribution in [-0.4, -0.2) is 6.10 Å². The Morgan fingerprint density at radius 2 is 2.00 bits per heavy atom. The van der Waals surface area contributed by atoms with Crippen molar-refractivity contribution >= 4 is 5.69 Å². The van der Waals surface area contributed by atoms with Gasteiger partial charge in [0.2, 0.25) is 0 Å². The van der Waals surface area contributed by atoms with Gasteiger partial charge >= 0.3 is 0 Å². The van der Waals surface area contributed by atoms with E-state index in [1.54, 1.807) is 6.26 Å². The van der Waals surface area contributed by atoms with Crippen LogP contribution in [-0.2, 0) is 0 Å². The Morgan fingerprint density at radius 3 is 2.65 bits per heavy atom. The number of ether oxygens (including phenoxy) is 1. The maximum atomic E-state index is 5.85. The molecule has 2 unspecified atom stereocenters. The Labute approximate surface area is 121 Å². The lowest BCUT2D eigenvalue weighted by Crippen LogP contribution is -2.11. The monoisotopic (exact) mass is 273 g/mol. The quantitative estimate of drug-likeness (QED) is 0.769. The van der Waals surface area contributed by atoms with E-state index in [2.05, 4.69) is 32.2 Å². The first-order chi connectivity index (χ1) is 9.72. The zero-order valence-electron chi connectivity index (χ0n) is 12.4. The van der Waals surface area contributed by atoms with Gasteiger partial charge in [0.15, 0.2) is 0 Å². The van der Waals surface area contributed by atoms with E-state index in [-0.39, 0.29) is 12.1 Å². The molecule has 0 saturated heterocycles. The molecule has 3 heteroatoms. The van der Waals surface area contributed by atoms with E-state index in [9.17, 15) is 0 Å². The van der Waals surface area contributed by atoms with E-state index >= 15 is 0 Å². The van der Waals surface area contributed by atoms with Crippen LogP contribution < -0.4 is 10.1 Å². The molecule has 0 amide bonds. The third-order valence-corrected chi connectivity index (χ3v) is 3.38. The highest BCUT2D eigenvalue weighted by molar-refractivity contribution is 5.49. The van der Waals surface area contributed by atoms with Crippen molar-refractivity contribution in [3.05, 3.63) is 48.4 Å². The predicted molar refractivity (Wildman–Crippen MR) is 82.2 cm³/mol. The molecule has 2 atom stereocenters. The third-order valence-electron chi connectivity index (χ3n) is 3.38. The minimum Gasteiger partial charge on any atom is -0.491 e. The summed E-state index contributed by atoms with van der Waals surface area (Å²) in [5.74, 6) is 1.86. The molecule has 0 spiro atoms. The highest BCUT2D eigenvalue weighted by Crippen LogP contribution is 2.25. The minimum atomic E-state index is 0.184. The molecular weight excluding hydrogens is 250 g/mol. The average molecular weight is 273 g/mol. The minimum absolute atomic E-state index is 0.184. The van der Waals surface area contributed by atoms with Crippen molar-refractivity contribution in [3.8, 4) is 5.75 Å². The highest BCUT2D eigenvalue weighted by atomic mass is 16.5. The predicted octanol–water partition coefficient (Wildman–Crippen LogP) is 5.02. The van der Waals surface area contributed by atoms with Gasteiger partial charge < -0.3 is 14.5 Å². The van der Waals surface area contributed by atoms with Gasteiger partial charge in [0.25, 0.3) is 0 Å². The summed E-state index contributed by atoms with van der Waals surface area (Å²) in [6, 6.07) is 12.2. The van der Waals surface area contributed by atoms with E-state index < -0.39 is 0 Å². The number of nitrogens with one attached hydrogen (secondary N) is 1. The molecule has 1 aromatic carbocycles. The first-order valence-electron chi connectivity index (χ1n) is 7.29. The summed E-state index contributed by atoms with van der Waals surface area (Å²) in [6.07, 6.45) is 3.91. The number of furan rings is 1. The van der Waals surface area contributed by atoms with Crippen molar-refractivity contribution < 1.29 is 9.15 Å². The van der Waals surface area contributed by atoms with Crippen LogP contribution >= 0.6 is 0 Å². The zero-order chi connectivity index (χ0) is 14.4. The molecule has 0 aliphatic rings. The lowest BCUT2D eigenvalue weighted by molar-refractivity contribution is 0.217. The Morgan fingerprint density at radius 1 is 1.15 bits per heavy atom. The van der Waals surface area contributed by atoms with Gasteiger partial charge in [-0.25, -0.2) is 0 Å². The van der Waals surface area contributed by atoms with Crippen molar-refractivity contribution in [2.24, 2.45) is 0 Å². The van der Waals surface area contributed by atoms with Crippen molar-refractivity contribution in [1.29, 1.82) is 0 Å². The van der Waals surface area contributed by atoms with Crippen LogP contribution in [0.5, 0.6) is 5.75 Å². The van der Waals surface area contributed by atoms with E-state index in [0.29, 0.717) is 0 Å². The van der Waals surface area contributed by atoms with Gasteiger partial charge in [-0.05, 0) is 44.0 Å². The van der Waals surface area contributed by atoms with Gasteiger partial charge in [-0.1, -0.05) is 19.9 Å². The molecule has 20 heavy (non-hydrogen) atoms. The summed E-state index contributed by atoms with van der Waals surface area (Å²) in [4.78, 5) is 0. The fourth-order valence-electron chi connectivity index (χ4n) is 2.04. The van der Waals surface area contributed by atoms with Crippen LogP contribution in [0.2, 0.25) is 0 Å². The van der Waals surface area contributed by atoms with Crippen LogP contribution in [0.4, 0.5) is 5.69 Å². The normalized spacial score (nSPS) is 13.8. The Kier molecular flexibility index (Phi) is 5.10. The maximum Gasteiger partial charge on any atom is 0.125 e. The Hall–Kier alpha value is -1.90. The lowest BCUT2D eigenvalue weighted by atomic mass is 10.1. The van der Waals surface area contributed by atoms with Crippen LogP contribution in [0.3, 0.4) is 0 Å². The summed E-state index contributed by atoms with van der Waals surface area (Å²) in [5.41, 5.74) is 1.05. The molecule has 0 fully saturated rings. The molecule has 0 radical (unpaired) electrons. The van der Waals surface area contributed by atoms with Gasteiger partial charge in [0.1, 0.15) is 11.5 Å². The largest absolute Gasteiger partial charge is 0.491 e. The number of rotatable bonds is 7. The molecule has 108 valence electrons. The van der Waals surface area contributed by atoms with E-state index in [1.807, 2.05) is 30.3 Å². The summed E-state index contributed by atoms with van der Waals surface area (Å²) >= 11 is 0. The van der Waals surface area contributed by atoms with Crippen molar-refractivity contribution in [2.75, 3.05) is 5.32 Å². The molecule has 1 heterocycles. The van der Waals surface area contributed by atoms with Crippen LogP contribution in [0, 0.1) is 0 Å². The van der Waals surface area contributed by atoms with Crippen molar-refractivity contribution in [2.45, 2.75) is 45.8 Å². The van der Waals surface area contributed by atoms with Crippen LogP contribution in [0.15, 0.2) is 47.1 Å². The molecule has 1 N–H and O–H groups in total. The average Bonchev–Trinajstić information content (AvgIpc) is 2.99. The first-order valence-corrected chi connectivity index (χ1v) is 7.29. The Balaban J connectivity index is 2.07.